The Morgan fingerprint density at radius 3 is 2.33 bits per heavy atom. The maximum absolute atomic E-state index is 13.4. The number of nitrogens with zero attached hydrogens (tertiary/aromatic N) is 2. The number of sulfonamides is 1. The first-order valence-electron chi connectivity index (χ1n) is 12.0. The summed E-state index contributed by atoms with van der Waals surface area (Å²) < 4.78 is 41.1. The van der Waals surface area contributed by atoms with E-state index in [-0.39, 0.29) is 54.5 Å². The monoisotopic (exact) mass is 511 g/mol. The van der Waals surface area contributed by atoms with Gasteiger partial charge in [0, 0.05) is 30.9 Å². The van der Waals surface area contributed by atoms with Gasteiger partial charge in [0.1, 0.15) is 11.9 Å². The van der Waals surface area contributed by atoms with Crippen LogP contribution in [0.2, 0.25) is 0 Å². The van der Waals surface area contributed by atoms with Crippen molar-refractivity contribution in [3.05, 3.63) is 72.0 Å². The van der Waals surface area contributed by atoms with Gasteiger partial charge < -0.3 is 10.2 Å². The average molecular weight is 512 g/mol. The quantitative estimate of drug-likeness (QED) is 0.466. The lowest BCUT2D eigenvalue weighted by Crippen LogP contribution is -2.49. The molecule has 0 bridgehead atoms. The number of hydrogen-bond acceptors (Lipinski definition) is 4. The maximum Gasteiger partial charge on any atom is 0.265 e. The number of carbonyl (C=O) groups is 2. The molecule has 1 atom stereocenters. The lowest BCUT2D eigenvalue weighted by molar-refractivity contribution is -0.140. The Bertz CT molecular complexity index is 1380. The molecule has 0 radical (unpaired) electrons. The summed E-state index contributed by atoms with van der Waals surface area (Å²) in [6.07, 6.45) is 0.333. The summed E-state index contributed by atoms with van der Waals surface area (Å²) in [5.74, 6) is -0.951. The van der Waals surface area contributed by atoms with Crippen LogP contribution < -0.4 is 9.62 Å². The van der Waals surface area contributed by atoms with Crippen molar-refractivity contribution in [2.45, 2.75) is 57.1 Å². The van der Waals surface area contributed by atoms with Gasteiger partial charge in [-0.25, -0.2) is 12.8 Å². The molecule has 9 heteroatoms. The van der Waals surface area contributed by atoms with Crippen LogP contribution >= 0.6 is 0 Å². The summed E-state index contributed by atoms with van der Waals surface area (Å²) in [5.41, 5.74) is 1.31. The van der Waals surface area contributed by atoms with Gasteiger partial charge in [-0.3, -0.25) is 13.9 Å². The fourth-order valence-corrected chi connectivity index (χ4v) is 6.24. The topological polar surface area (TPSA) is 86.8 Å². The fourth-order valence-electron chi connectivity index (χ4n) is 4.49. The highest BCUT2D eigenvalue weighted by molar-refractivity contribution is 7.93. The van der Waals surface area contributed by atoms with E-state index in [4.69, 9.17) is 0 Å². The summed E-state index contributed by atoms with van der Waals surface area (Å²) in [4.78, 5) is 27.7. The zero-order valence-corrected chi connectivity index (χ0v) is 21.4. The summed E-state index contributed by atoms with van der Waals surface area (Å²) >= 11 is 0. The van der Waals surface area contributed by atoms with Crippen molar-refractivity contribution >= 4 is 38.3 Å². The third-order valence-corrected chi connectivity index (χ3v) is 8.15. The molecule has 190 valence electrons. The van der Waals surface area contributed by atoms with Crippen LogP contribution in [0, 0.1) is 5.82 Å². The highest BCUT2D eigenvalue weighted by atomic mass is 32.2. The van der Waals surface area contributed by atoms with Crippen molar-refractivity contribution in [2.24, 2.45) is 0 Å². The van der Waals surface area contributed by atoms with E-state index in [1.807, 2.05) is 32.0 Å². The standard InChI is InChI=1S/C27H30FN3O4S/c1-18(2)29-27(33)19(3)30(17-20-12-14-22(28)15-13-20)25(32)11-6-16-31-23-9-4-7-21-8-5-10-24(26(21)23)36(31,34)35/h4-5,7-10,12-15,18-19H,6,11,16-17H2,1-3H3,(H,29,33)/t19-/m1/s1. The zero-order valence-electron chi connectivity index (χ0n) is 20.6. The molecule has 0 unspecified atom stereocenters. The molecule has 0 aliphatic carbocycles. The van der Waals surface area contributed by atoms with Crippen molar-refractivity contribution < 1.29 is 22.4 Å². The lowest BCUT2D eigenvalue weighted by Gasteiger charge is -2.29. The Balaban J connectivity index is 1.49. The second-order valence-electron chi connectivity index (χ2n) is 9.30. The Morgan fingerprint density at radius 2 is 1.67 bits per heavy atom. The van der Waals surface area contributed by atoms with Gasteiger partial charge in [-0.05, 0) is 62.4 Å². The Morgan fingerprint density at radius 1 is 1.00 bits per heavy atom. The summed E-state index contributed by atoms with van der Waals surface area (Å²) in [6.45, 7) is 5.61. The minimum atomic E-state index is -3.70. The van der Waals surface area contributed by atoms with E-state index in [0.29, 0.717) is 16.6 Å². The van der Waals surface area contributed by atoms with Crippen LogP contribution in [0.25, 0.3) is 10.8 Å². The van der Waals surface area contributed by atoms with Gasteiger partial charge >= 0.3 is 0 Å². The molecule has 3 aromatic rings. The van der Waals surface area contributed by atoms with Crippen molar-refractivity contribution in [1.29, 1.82) is 0 Å². The number of nitrogens with one attached hydrogen (secondary N) is 1. The Labute approximate surface area is 210 Å². The molecule has 2 amide bonds. The van der Waals surface area contributed by atoms with Gasteiger partial charge in [0.2, 0.25) is 11.8 Å². The van der Waals surface area contributed by atoms with Crippen LogP contribution in [0.3, 0.4) is 0 Å². The van der Waals surface area contributed by atoms with Crippen LogP contribution in [-0.4, -0.2) is 43.8 Å². The average Bonchev–Trinajstić information content (AvgIpc) is 3.06. The summed E-state index contributed by atoms with van der Waals surface area (Å²) in [7, 11) is -3.70. The van der Waals surface area contributed by atoms with Crippen LogP contribution in [0.1, 0.15) is 39.2 Å². The number of anilines is 1. The molecule has 4 rings (SSSR count). The second kappa shape index (κ2) is 10.3. The molecule has 7 nitrogen and oxygen atoms in total. The molecule has 0 saturated heterocycles. The van der Waals surface area contributed by atoms with Crippen molar-refractivity contribution in [3.8, 4) is 0 Å². The fraction of sp³-hybridized carbons (Fsp3) is 0.333. The van der Waals surface area contributed by atoms with E-state index < -0.39 is 16.1 Å². The summed E-state index contributed by atoms with van der Waals surface area (Å²) in [5, 5.41) is 4.37. The smallest absolute Gasteiger partial charge is 0.265 e. The highest BCUT2D eigenvalue weighted by Crippen LogP contribution is 2.42. The molecule has 3 aromatic carbocycles. The van der Waals surface area contributed by atoms with Gasteiger partial charge in [0.05, 0.1) is 10.6 Å². The number of benzene rings is 3. The van der Waals surface area contributed by atoms with E-state index in [0.717, 1.165) is 5.39 Å². The zero-order chi connectivity index (χ0) is 26.0. The van der Waals surface area contributed by atoms with Crippen LogP contribution in [0.4, 0.5) is 10.1 Å². The first-order valence-corrected chi connectivity index (χ1v) is 13.4. The van der Waals surface area contributed by atoms with Crippen LogP contribution in [0.5, 0.6) is 0 Å². The van der Waals surface area contributed by atoms with E-state index >= 15 is 0 Å². The van der Waals surface area contributed by atoms with E-state index in [2.05, 4.69) is 5.32 Å². The third kappa shape index (κ3) is 5.06. The normalized spacial score (nSPS) is 14.8. The number of hydrogen-bond donors (Lipinski definition) is 1. The molecule has 1 heterocycles. The molecular formula is C27H30FN3O4S. The predicted molar refractivity (Wildman–Crippen MR) is 137 cm³/mol. The van der Waals surface area contributed by atoms with Crippen LogP contribution in [0.15, 0.2) is 65.6 Å². The number of amides is 2. The van der Waals surface area contributed by atoms with Crippen molar-refractivity contribution in [1.82, 2.24) is 10.2 Å². The molecule has 0 spiro atoms. The van der Waals surface area contributed by atoms with E-state index in [1.165, 1.54) is 21.3 Å². The molecular weight excluding hydrogens is 481 g/mol. The van der Waals surface area contributed by atoms with Crippen molar-refractivity contribution in [3.63, 3.8) is 0 Å². The van der Waals surface area contributed by atoms with Crippen LogP contribution in [-0.2, 0) is 26.2 Å². The largest absolute Gasteiger partial charge is 0.352 e. The predicted octanol–water partition coefficient (Wildman–Crippen LogP) is 4.21. The third-order valence-electron chi connectivity index (χ3n) is 6.30. The first kappa shape index (κ1) is 25.6. The van der Waals surface area contributed by atoms with Crippen molar-refractivity contribution in [2.75, 3.05) is 10.8 Å². The second-order valence-corrected chi connectivity index (χ2v) is 11.1. The maximum atomic E-state index is 13.4. The molecule has 1 N–H and O–H groups in total. The number of rotatable bonds is 9. The number of carbonyl (C=O) groups excluding carboxylic acids is 2. The molecule has 1 aliphatic rings. The van der Waals surface area contributed by atoms with Gasteiger partial charge in [-0.15, -0.1) is 0 Å². The highest BCUT2D eigenvalue weighted by Gasteiger charge is 2.35. The summed E-state index contributed by atoms with van der Waals surface area (Å²) in [6, 6.07) is 15.6. The van der Waals surface area contributed by atoms with Gasteiger partial charge in [0.25, 0.3) is 10.0 Å². The van der Waals surface area contributed by atoms with E-state index in [9.17, 15) is 22.4 Å². The molecule has 0 fully saturated rings. The minimum absolute atomic E-state index is 0.0544. The minimum Gasteiger partial charge on any atom is -0.352 e. The molecule has 36 heavy (non-hydrogen) atoms. The van der Waals surface area contributed by atoms with Gasteiger partial charge in [0.15, 0.2) is 0 Å². The number of halogens is 1. The SMILES string of the molecule is CC(C)NC(=O)[C@@H](C)N(Cc1ccc(F)cc1)C(=O)CCCN1c2cccc3cccc(c23)S1(=O)=O. The van der Waals surface area contributed by atoms with Gasteiger partial charge in [-0.2, -0.15) is 0 Å². The molecule has 0 aromatic heterocycles. The van der Waals surface area contributed by atoms with E-state index in [1.54, 1.807) is 37.3 Å². The first-order chi connectivity index (χ1) is 17.1. The Kier molecular flexibility index (Phi) is 7.31. The lowest BCUT2D eigenvalue weighted by atomic mass is 10.1. The molecule has 1 aliphatic heterocycles. The molecule has 0 saturated carbocycles. The Hall–Kier alpha value is -3.46. The van der Waals surface area contributed by atoms with Gasteiger partial charge in [-0.1, -0.05) is 36.4 Å².